The Morgan fingerprint density at radius 3 is 2.14 bits per heavy atom. The summed E-state index contributed by atoms with van der Waals surface area (Å²) < 4.78 is 0. The van der Waals surface area contributed by atoms with E-state index in [0.717, 1.165) is 0 Å². The number of nitrogens with zero attached hydrogens (tertiary/aromatic N) is 1. The lowest BCUT2D eigenvalue weighted by Gasteiger charge is -2.21. The molecule has 1 atom stereocenters. The van der Waals surface area contributed by atoms with Gasteiger partial charge >= 0.3 is 0 Å². The molecule has 3 nitrogen and oxygen atoms in total. The molecule has 0 aliphatic carbocycles. The van der Waals surface area contributed by atoms with E-state index in [4.69, 9.17) is 5.73 Å². The second kappa shape index (κ2) is 8.76. The van der Waals surface area contributed by atoms with E-state index in [0.29, 0.717) is 37.4 Å². The van der Waals surface area contributed by atoms with E-state index in [1.165, 1.54) is 0 Å². The molecular weight excluding hydrogens is 236 g/mol. The van der Waals surface area contributed by atoms with Crippen LogP contribution >= 0.6 is 37.9 Å². The fourth-order valence-electron chi connectivity index (χ4n) is 1.03. The molecule has 0 aliphatic heterocycles. The van der Waals surface area contributed by atoms with Crippen LogP contribution in [0.3, 0.4) is 0 Å². The summed E-state index contributed by atoms with van der Waals surface area (Å²) in [5.41, 5.74) is 5.45. The highest BCUT2D eigenvalue weighted by atomic mass is 32.1. The summed E-state index contributed by atoms with van der Waals surface area (Å²) in [7, 11) is 0. The molecule has 0 saturated heterocycles. The smallest absolute Gasteiger partial charge is 0.222 e. The van der Waals surface area contributed by atoms with Crippen molar-refractivity contribution in [2.45, 2.75) is 18.2 Å². The molecule has 0 rings (SSSR count). The minimum Gasteiger partial charge on any atom is -0.341 e. The second-order valence-corrected chi connectivity index (χ2v) is 4.49. The summed E-state index contributed by atoms with van der Waals surface area (Å²) in [6.45, 7) is 1.34. The average Bonchev–Trinajstić information content (AvgIpc) is 2.14. The highest BCUT2D eigenvalue weighted by Gasteiger charge is 2.12. The number of carbonyl (C=O) groups excluding carboxylic acids is 1. The van der Waals surface area contributed by atoms with Gasteiger partial charge < -0.3 is 10.6 Å². The van der Waals surface area contributed by atoms with Crippen LogP contribution in [0.5, 0.6) is 0 Å². The molecule has 0 heterocycles. The van der Waals surface area contributed by atoms with E-state index < -0.39 is 0 Å². The van der Waals surface area contributed by atoms with Crippen LogP contribution in [-0.4, -0.2) is 40.8 Å². The molecule has 0 aromatic heterocycles. The Labute approximate surface area is 102 Å². The number of hydrogen-bond donors (Lipinski definition) is 4. The number of thiol groups is 3. The van der Waals surface area contributed by atoms with Gasteiger partial charge in [-0.2, -0.15) is 37.9 Å². The highest BCUT2D eigenvalue weighted by Crippen LogP contribution is 2.03. The van der Waals surface area contributed by atoms with Crippen molar-refractivity contribution in [3.63, 3.8) is 0 Å². The standard InChI is InChI=1S/C8H18N2OS3/c9-7(14)1-2-8(11)10(3-5-12)4-6-13/h7,12-14H,1-6,9H2. The lowest BCUT2D eigenvalue weighted by molar-refractivity contribution is -0.130. The maximum atomic E-state index is 11.6. The molecule has 0 aliphatic rings. The van der Waals surface area contributed by atoms with E-state index in [1.807, 2.05) is 0 Å². The predicted molar refractivity (Wildman–Crippen MR) is 70.5 cm³/mol. The van der Waals surface area contributed by atoms with Crippen LogP contribution in [0.4, 0.5) is 0 Å². The Bertz CT molecular complexity index is 161. The van der Waals surface area contributed by atoms with Crippen LogP contribution in [-0.2, 0) is 4.79 Å². The summed E-state index contributed by atoms with van der Waals surface area (Å²) >= 11 is 12.2. The third kappa shape index (κ3) is 6.86. The van der Waals surface area contributed by atoms with Crippen LogP contribution in [0.15, 0.2) is 0 Å². The van der Waals surface area contributed by atoms with Gasteiger partial charge in [0.2, 0.25) is 5.91 Å². The quantitative estimate of drug-likeness (QED) is 0.399. The first-order chi connectivity index (χ1) is 6.61. The van der Waals surface area contributed by atoms with Gasteiger partial charge in [0.25, 0.3) is 0 Å². The summed E-state index contributed by atoms with van der Waals surface area (Å²) in [5.74, 6) is 1.46. The SMILES string of the molecule is NC(S)CCC(=O)N(CCS)CCS. The molecule has 0 bridgehead atoms. The van der Waals surface area contributed by atoms with Crippen LogP contribution in [0.1, 0.15) is 12.8 Å². The molecule has 14 heavy (non-hydrogen) atoms. The van der Waals surface area contributed by atoms with Gasteiger partial charge in [0, 0.05) is 36.4 Å². The van der Waals surface area contributed by atoms with Crippen LogP contribution in [0.25, 0.3) is 0 Å². The zero-order valence-corrected chi connectivity index (χ0v) is 10.8. The van der Waals surface area contributed by atoms with Crippen molar-refractivity contribution < 1.29 is 4.79 Å². The van der Waals surface area contributed by atoms with Crippen molar-refractivity contribution in [3.05, 3.63) is 0 Å². The summed E-state index contributed by atoms with van der Waals surface area (Å²) in [6, 6.07) is 0. The maximum absolute atomic E-state index is 11.6. The van der Waals surface area contributed by atoms with Gasteiger partial charge in [0.15, 0.2) is 0 Å². The van der Waals surface area contributed by atoms with Gasteiger partial charge in [-0.25, -0.2) is 0 Å². The van der Waals surface area contributed by atoms with Gasteiger partial charge in [0.05, 0.1) is 0 Å². The molecule has 6 heteroatoms. The molecule has 0 aromatic rings. The number of rotatable bonds is 7. The first-order valence-electron chi connectivity index (χ1n) is 4.55. The van der Waals surface area contributed by atoms with Crippen molar-refractivity contribution in [2.75, 3.05) is 24.6 Å². The summed E-state index contributed by atoms with van der Waals surface area (Å²) in [5, 5.41) is -0.215. The fraction of sp³-hybridized carbons (Fsp3) is 0.875. The van der Waals surface area contributed by atoms with Gasteiger partial charge in [0.1, 0.15) is 0 Å². The minimum atomic E-state index is -0.215. The number of carbonyl (C=O) groups is 1. The van der Waals surface area contributed by atoms with Crippen LogP contribution in [0.2, 0.25) is 0 Å². The molecule has 1 unspecified atom stereocenters. The number of amides is 1. The minimum absolute atomic E-state index is 0.109. The average molecular weight is 254 g/mol. The molecule has 2 N–H and O–H groups in total. The third-order valence-electron chi connectivity index (χ3n) is 1.75. The largest absolute Gasteiger partial charge is 0.341 e. The van der Waals surface area contributed by atoms with Crippen molar-refractivity contribution in [1.82, 2.24) is 4.90 Å². The molecule has 0 fully saturated rings. The van der Waals surface area contributed by atoms with Crippen LogP contribution in [0, 0.1) is 0 Å². The number of nitrogens with two attached hydrogens (primary N) is 1. The maximum Gasteiger partial charge on any atom is 0.222 e. The first kappa shape index (κ1) is 14.5. The molecule has 0 radical (unpaired) electrons. The predicted octanol–water partition coefficient (Wildman–Crippen LogP) is 0.669. The van der Waals surface area contributed by atoms with E-state index in [-0.39, 0.29) is 11.3 Å². The Morgan fingerprint density at radius 2 is 1.79 bits per heavy atom. The summed E-state index contributed by atoms with van der Waals surface area (Å²) in [6.07, 6.45) is 1.06. The van der Waals surface area contributed by atoms with E-state index >= 15 is 0 Å². The highest BCUT2D eigenvalue weighted by molar-refractivity contribution is 7.81. The van der Waals surface area contributed by atoms with Gasteiger partial charge in [-0.15, -0.1) is 0 Å². The molecule has 0 spiro atoms. The van der Waals surface area contributed by atoms with E-state index in [9.17, 15) is 4.79 Å². The van der Waals surface area contributed by atoms with Gasteiger partial charge in [-0.1, -0.05) is 0 Å². The lowest BCUT2D eigenvalue weighted by atomic mass is 10.2. The Balaban J connectivity index is 3.88. The fourth-order valence-corrected chi connectivity index (χ4v) is 1.64. The van der Waals surface area contributed by atoms with Crippen molar-refractivity contribution in [3.8, 4) is 0 Å². The van der Waals surface area contributed by atoms with Crippen LogP contribution < -0.4 is 5.73 Å². The summed E-state index contributed by atoms with van der Waals surface area (Å²) in [4.78, 5) is 13.4. The second-order valence-electron chi connectivity index (χ2n) is 2.93. The molecule has 0 saturated carbocycles. The number of hydrogen-bond acceptors (Lipinski definition) is 5. The normalized spacial score (nSPS) is 12.6. The zero-order chi connectivity index (χ0) is 11.0. The molecular formula is C8H18N2OS3. The van der Waals surface area contributed by atoms with E-state index in [2.05, 4.69) is 37.9 Å². The topological polar surface area (TPSA) is 46.3 Å². The Morgan fingerprint density at radius 1 is 1.29 bits per heavy atom. The Hall–Kier alpha value is 0.480. The monoisotopic (exact) mass is 254 g/mol. The first-order valence-corrected chi connectivity index (χ1v) is 6.33. The molecule has 84 valence electrons. The molecule has 1 amide bonds. The third-order valence-corrected chi connectivity index (χ3v) is 2.40. The van der Waals surface area contributed by atoms with E-state index in [1.54, 1.807) is 4.90 Å². The van der Waals surface area contributed by atoms with Crippen molar-refractivity contribution in [1.29, 1.82) is 0 Å². The van der Waals surface area contributed by atoms with Gasteiger partial charge in [-0.05, 0) is 6.42 Å². The van der Waals surface area contributed by atoms with Crippen molar-refractivity contribution >= 4 is 43.8 Å². The molecule has 0 aromatic carbocycles. The zero-order valence-electron chi connectivity index (χ0n) is 8.09. The Kier molecular flexibility index (Phi) is 9.06. The van der Waals surface area contributed by atoms with Gasteiger partial charge in [-0.3, -0.25) is 4.79 Å². The lowest BCUT2D eigenvalue weighted by Crippen LogP contribution is -2.35. The van der Waals surface area contributed by atoms with Crippen molar-refractivity contribution in [2.24, 2.45) is 5.73 Å².